The van der Waals surface area contributed by atoms with E-state index < -0.39 is 14.9 Å². The first-order valence-corrected chi connectivity index (χ1v) is 10.1. The molecule has 0 amide bonds. The maximum absolute atomic E-state index is 12.7. The quantitative estimate of drug-likeness (QED) is 0.590. The van der Waals surface area contributed by atoms with E-state index in [2.05, 4.69) is 0 Å². The third kappa shape index (κ3) is 3.83. The third-order valence-electron chi connectivity index (χ3n) is 4.87. The largest absolute Gasteiger partial charge is 0.396 e. The van der Waals surface area contributed by atoms with Gasteiger partial charge in [-0.25, -0.2) is 8.42 Å². The standard InChI is InChI=1S/C16H23N3O6S/c20-12-13-2-1-5-17(11-13)15-4-3-14(10-16(15)19(21)22)26(23,24)18-6-8-25-9-7-18/h3-4,10,13,20H,1-2,5-9,11-12H2/t13-/m0/s1. The molecule has 0 unspecified atom stereocenters. The summed E-state index contributed by atoms with van der Waals surface area (Å²) in [6.45, 7) is 2.31. The summed E-state index contributed by atoms with van der Waals surface area (Å²) in [6.07, 6.45) is 1.71. The number of anilines is 1. The van der Waals surface area contributed by atoms with E-state index in [1.54, 1.807) is 0 Å². The first-order chi connectivity index (χ1) is 12.4. The predicted octanol–water partition coefficient (Wildman–Crippen LogP) is 0.824. The van der Waals surface area contributed by atoms with Crippen LogP contribution in [0.5, 0.6) is 0 Å². The van der Waals surface area contributed by atoms with Gasteiger partial charge in [-0.05, 0) is 30.9 Å². The second kappa shape index (κ2) is 7.87. The number of morpholine rings is 1. The molecule has 144 valence electrons. The van der Waals surface area contributed by atoms with Gasteiger partial charge >= 0.3 is 0 Å². The van der Waals surface area contributed by atoms with Crippen molar-refractivity contribution in [3.63, 3.8) is 0 Å². The summed E-state index contributed by atoms with van der Waals surface area (Å²) in [5.74, 6) is 0.0695. The number of nitro groups is 1. The van der Waals surface area contributed by atoms with Gasteiger partial charge in [-0.15, -0.1) is 0 Å². The molecule has 1 aromatic carbocycles. The molecule has 0 saturated carbocycles. The minimum atomic E-state index is -3.79. The maximum Gasteiger partial charge on any atom is 0.293 e. The number of rotatable bonds is 5. The highest BCUT2D eigenvalue weighted by Gasteiger charge is 2.31. The summed E-state index contributed by atoms with van der Waals surface area (Å²) in [5.41, 5.74) is 0.173. The fourth-order valence-corrected chi connectivity index (χ4v) is 4.87. The summed E-state index contributed by atoms with van der Waals surface area (Å²) in [7, 11) is -3.79. The number of hydrogen-bond donors (Lipinski definition) is 1. The molecular weight excluding hydrogens is 362 g/mol. The molecule has 26 heavy (non-hydrogen) atoms. The number of ether oxygens (including phenoxy) is 1. The van der Waals surface area contributed by atoms with Crippen molar-refractivity contribution in [2.24, 2.45) is 5.92 Å². The molecule has 2 fully saturated rings. The van der Waals surface area contributed by atoms with Crippen LogP contribution >= 0.6 is 0 Å². The van der Waals surface area contributed by atoms with Crippen LogP contribution in [0.15, 0.2) is 23.1 Å². The molecule has 0 aromatic heterocycles. The van der Waals surface area contributed by atoms with Gasteiger partial charge in [0.25, 0.3) is 5.69 Å². The second-order valence-corrected chi connectivity index (χ2v) is 8.50. The van der Waals surface area contributed by atoms with E-state index in [4.69, 9.17) is 4.74 Å². The molecule has 2 aliphatic rings. The molecule has 0 radical (unpaired) electrons. The molecule has 2 heterocycles. The Labute approximate surface area is 152 Å². The Bertz CT molecular complexity index is 763. The van der Waals surface area contributed by atoms with E-state index >= 15 is 0 Å². The molecular formula is C16H23N3O6S. The molecule has 2 saturated heterocycles. The monoisotopic (exact) mass is 385 g/mol. The van der Waals surface area contributed by atoms with E-state index in [-0.39, 0.29) is 36.2 Å². The summed E-state index contributed by atoms with van der Waals surface area (Å²) in [5, 5.41) is 20.9. The molecule has 1 aromatic rings. The first-order valence-electron chi connectivity index (χ1n) is 8.65. The van der Waals surface area contributed by atoms with Crippen molar-refractivity contribution < 1.29 is 23.2 Å². The topological polar surface area (TPSA) is 113 Å². The van der Waals surface area contributed by atoms with Gasteiger partial charge < -0.3 is 14.7 Å². The lowest BCUT2D eigenvalue weighted by Gasteiger charge is -2.33. The molecule has 1 atom stereocenters. The summed E-state index contributed by atoms with van der Waals surface area (Å²) < 4.78 is 32.0. The molecule has 2 aliphatic heterocycles. The van der Waals surface area contributed by atoms with Gasteiger partial charge in [-0.2, -0.15) is 4.31 Å². The lowest BCUT2D eigenvalue weighted by atomic mass is 9.98. The van der Waals surface area contributed by atoms with E-state index in [1.807, 2.05) is 4.90 Å². The number of sulfonamides is 1. The van der Waals surface area contributed by atoms with E-state index in [1.165, 1.54) is 16.4 Å². The average Bonchev–Trinajstić information content (AvgIpc) is 2.68. The zero-order chi connectivity index (χ0) is 18.7. The lowest BCUT2D eigenvalue weighted by Crippen LogP contribution is -2.40. The molecule has 10 heteroatoms. The minimum Gasteiger partial charge on any atom is -0.396 e. The number of nitrogens with zero attached hydrogens (tertiary/aromatic N) is 3. The number of nitro benzene ring substituents is 1. The molecule has 0 spiro atoms. The maximum atomic E-state index is 12.7. The fourth-order valence-electron chi connectivity index (χ4n) is 3.45. The van der Waals surface area contributed by atoms with Crippen molar-refractivity contribution >= 4 is 21.4 Å². The Morgan fingerprint density at radius 1 is 1.27 bits per heavy atom. The van der Waals surface area contributed by atoms with Crippen LogP contribution in [0, 0.1) is 16.0 Å². The van der Waals surface area contributed by atoms with Crippen molar-refractivity contribution in [1.82, 2.24) is 4.31 Å². The molecule has 1 N–H and O–H groups in total. The van der Waals surface area contributed by atoms with Crippen LogP contribution in [0.3, 0.4) is 0 Å². The molecule has 3 rings (SSSR count). The van der Waals surface area contributed by atoms with Crippen LogP contribution in [0.1, 0.15) is 12.8 Å². The number of aliphatic hydroxyl groups excluding tert-OH is 1. The van der Waals surface area contributed by atoms with Crippen LogP contribution < -0.4 is 4.90 Å². The van der Waals surface area contributed by atoms with E-state index in [9.17, 15) is 23.6 Å². The number of benzene rings is 1. The number of piperidine rings is 1. The van der Waals surface area contributed by atoms with Crippen LogP contribution in [0.2, 0.25) is 0 Å². The third-order valence-corrected chi connectivity index (χ3v) is 6.76. The molecule has 0 aliphatic carbocycles. The van der Waals surface area contributed by atoms with Crippen molar-refractivity contribution in [3.8, 4) is 0 Å². The zero-order valence-corrected chi connectivity index (χ0v) is 15.2. The van der Waals surface area contributed by atoms with Gasteiger partial charge in [0.1, 0.15) is 5.69 Å². The fraction of sp³-hybridized carbons (Fsp3) is 0.625. The lowest BCUT2D eigenvalue weighted by molar-refractivity contribution is -0.384. The highest BCUT2D eigenvalue weighted by molar-refractivity contribution is 7.89. The highest BCUT2D eigenvalue weighted by Crippen LogP contribution is 2.34. The smallest absolute Gasteiger partial charge is 0.293 e. The number of hydrogen-bond acceptors (Lipinski definition) is 7. The normalized spacial score (nSPS) is 22.3. The van der Waals surface area contributed by atoms with Crippen LogP contribution in [0.25, 0.3) is 0 Å². The number of aliphatic hydroxyl groups is 1. The zero-order valence-electron chi connectivity index (χ0n) is 14.4. The van der Waals surface area contributed by atoms with Crippen LogP contribution in [0.4, 0.5) is 11.4 Å². The Hall–Kier alpha value is -1.75. The van der Waals surface area contributed by atoms with Crippen molar-refractivity contribution in [2.45, 2.75) is 17.7 Å². The van der Waals surface area contributed by atoms with Gasteiger partial charge in [-0.1, -0.05) is 0 Å². The molecule has 0 bridgehead atoms. The summed E-state index contributed by atoms with van der Waals surface area (Å²) in [6, 6.07) is 4.07. The summed E-state index contributed by atoms with van der Waals surface area (Å²) >= 11 is 0. The minimum absolute atomic E-state index is 0.0355. The first kappa shape index (κ1) is 19.0. The van der Waals surface area contributed by atoms with E-state index in [0.717, 1.165) is 18.9 Å². The Morgan fingerprint density at radius 2 is 2.00 bits per heavy atom. The van der Waals surface area contributed by atoms with Crippen molar-refractivity contribution in [2.75, 3.05) is 50.9 Å². The van der Waals surface area contributed by atoms with E-state index in [0.29, 0.717) is 32.0 Å². The second-order valence-electron chi connectivity index (χ2n) is 6.56. The molecule has 9 nitrogen and oxygen atoms in total. The average molecular weight is 385 g/mol. The Balaban J connectivity index is 1.93. The van der Waals surface area contributed by atoms with Crippen molar-refractivity contribution in [3.05, 3.63) is 28.3 Å². The highest BCUT2D eigenvalue weighted by atomic mass is 32.2. The predicted molar refractivity (Wildman–Crippen MR) is 94.7 cm³/mol. The Kier molecular flexibility index (Phi) is 5.76. The van der Waals surface area contributed by atoms with Gasteiger partial charge in [0.2, 0.25) is 10.0 Å². The van der Waals surface area contributed by atoms with Crippen molar-refractivity contribution in [1.29, 1.82) is 0 Å². The van der Waals surface area contributed by atoms with Gasteiger partial charge in [0, 0.05) is 38.9 Å². The van der Waals surface area contributed by atoms with Crippen LogP contribution in [-0.4, -0.2) is 68.8 Å². The van der Waals surface area contributed by atoms with Gasteiger partial charge in [0.15, 0.2) is 0 Å². The summed E-state index contributed by atoms with van der Waals surface area (Å²) in [4.78, 5) is 12.8. The van der Waals surface area contributed by atoms with Gasteiger partial charge in [0.05, 0.1) is 23.0 Å². The Morgan fingerprint density at radius 3 is 2.65 bits per heavy atom. The SMILES string of the molecule is O=[N+]([O-])c1cc(S(=O)(=O)N2CCOCC2)ccc1N1CCC[C@H](CO)C1. The van der Waals surface area contributed by atoms with Gasteiger partial charge in [-0.3, -0.25) is 10.1 Å². The van der Waals surface area contributed by atoms with Crippen LogP contribution in [-0.2, 0) is 14.8 Å².